The first-order valence-electron chi connectivity index (χ1n) is 11.0. The molecule has 0 bridgehead atoms. The Labute approximate surface area is 201 Å². The number of benzene rings is 1. The van der Waals surface area contributed by atoms with Crippen LogP contribution < -0.4 is 10.6 Å². The lowest BCUT2D eigenvalue weighted by Crippen LogP contribution is -2.45. The second kappa shape index (κ2) is 12.9. The summed E-state index contributed by atoms with van der Waals surface area (Å²) in [7, 11) is -0.00459. The van der Waals surface area contributed by atoms with Crippen LogP contribution in [-0.2, 0) is 13.2 Å². The SMILES string of the molecule is CC(C)C[C@H](NC(=O)CNC(=O)c1cc(F)c(F)cc1Cl)S1(C)OCCCN(C)CCCO1. The summed E-state index contributed by atoms with van der Waals surface area (Å²) in [5.41, 5.74) is -0.247. The monoisotopic (exact) mass is 509 g/mol. The van der Waals surface area contributed by atoms with E-state index in [0.29, 0.717) is 25.7 Å². The third kappa shape index (κ3) is 8.68. The van der Waals surface area contributed by atoms with Crippen LogP contribution in [0.3, 0.4) is 0 Å². The van der Waals surface area contributed by atoms with E-state index in [-0.39, 0.29) is 28.4 Å². The maximum Gasteiger partial charge on any atom is 0.253 e. The van der Waals surface area contributed by atoms with Crippen LogP contribution >= 0.6 is 22.2 Å². The molecule has 0 unspecified atom stereocenters. The summed E-state index contributed by atoms with van der Waals surface area (Å²) in [4.78, 5) is 27.2. The molecule has 188 valence electrons. The van der Waals surface area contributed by atoms with Gasteiger partial charge in [0.05, 0.1) is 30.3 Å². The maximum atomic E-state index is 13.5. The van der Waals surface area contributed by atoms with Crippen LogP contribution in [-0.4, -0.2) is 68.2 Å². The molecule has 33 heavy (non-hydrogen) atoms. The van der Waals surface area contributed by atoms with E-state index in [1.54, 1.807) is 0 Å². The van der Waals surface area contributed by atoms with Gasteiger partial charge in [-0.15, -0.1) is 0 Å². The molecule has 1 aliphatic heterocycles. The van der Waals surface area contributed by atoms with Gasteiger partial charge in [-0.3, -0.25) is 18.0 Å². The Morgan fingerprint density at radius 2 is 1.73 bits per heavy atom. The Hall–Kier alpha value is -1.46. The van der Waals surface area contributed by atoms with Gasteiger partial charge < -0.3 is 15.5 Å². The van der Waals surface area contributed by atoms with Gasteiger partial charge in [0, 0.05) is 19.3 Å². The van der Waals surface area contributed by atoms with Crippen molar-refractivity contribution in [2.45, 2.75) is 38.5 Å². The van der Waals surface area contributed by atoms with Gasteiger partial charge in [-0.2, -0.15) is 10.6 Å². The third-order valence-corrected chi connectivity index (χ3v) is 8.12. The van der Waals surface area contributed by atoms with E-state index < -0.39 is 34.0 Å². The topological polar surface area (TPSA) is 79.9 Å². The lowest BCUT2D eigenvalue weighted by Gasteiger charge is -2.47. The van der Waals surface area contributed by atoms with Crippen LogP contribution in [0.25, 0.3) is 0 Å². The maximum absolute atomic E-state index is 13.5. The molecular weight excluding hydrogens is 476 g/mol. The molecule has 2 N–H and O–H groups in total. The number of rotatable bonds is 7. The van der Waals surface area contributed by atoms with Crippen molar-refractivity contribution in [3.8, 4) is 0 Å². The fourth-order valence-corrected chi connectivity index (χ4v) is 5.99. The van der Waals surface area contributed by atoms with Gasteiger partial charge in [0.15, 0.2) is 11.6 Å². The number of carbonyl (C=O) groups is 2. The smallest absolute Gasteiger partial charge is 0.253 e. The van der Waals surface area contributed by atoms with Crippen molar-refractivity contribution in [1.29, 1.82) is 0 Å². The molecule has 1 fully saturated rings. The minimum Gasteiger partial charge on any atom is -0.343 e. The number of hydrogen-bond acceptors (Lipinski definition) is 5. The van der Waals surface area contributed by atoms with E-state index in [1.165, 1.54) is 0 Å². The molecule has 1 heterocycles. The van der Waals surface area contributed by atoms with Crippen LogP contribution in [0, 0.1) is 17.6 Å². The Kier molecular flexibility index (Phi) is 10.8. The Balaban J connectivity index is 2.03. The van der Waals surface area contributed by atoms with Crippen molar-refractivity contribution in [2.75, 3.05) is 46.2 Å². The first kappa shape index (κ1) is 27.8. The molecule has 1 saturated heterocycles. The number of nitrogens with one attached hydrogen (secondary N) is 2. The molecule has 1 aromatic rings. The summed E-state index contributed by atoms with van der Waals surface area (Å²) in [6.45, 7) is 6.62. The van der Waals surface area contributed by atoms with Crippen molar-refractivity contribution < 1.29 is 26.7 Å². The molecule has 0 aromatic heterocycles. The largest absolute Gasteiger partial charge is 0.343 e. The zero-order valence-corrected chi connectivity index (χ0v) is 21.2. The molecule has 0 spiro atoms. The normalized spacial score (nSPS) is 19.5. The highest BCUT2D eigenvalue weighted by atomic mass is 35.5. The van der Waals surface area contributed by atoms with Crippen molar-refractivity contribution in [1.82, 2.24) is 15.5 Å². The van der Waals surface area contributed by atoms with E-state index in [2.05, 4.69) is 22.6 Å². The Morgan fingerprint density at radius 1 is 1.15 bits per heavy atom. The highest BCUT2D eigenvalue weighted by molar-refractivity contribution is 8.25. The second-order valence-corrected chi connectivity index (χ2v) is 11.7. The summed E-state index contributed by atoms with van der Waals surface area (Å²) in [5, 5.41) is 4.74. The minimum absolute atomic E-state index is 0.240. The lowest BCUT2D eigenvalue weighted by atomic mass is 10.1. The van der Waals surface area contributed by atoms with Gasteiger partial charge in [0.2, 0.25) is 5.91 Å². The van der Waals surface area contributed by atoms with Crippen molar-refractivity contribution in [3.63, 3.8) is 0 Å². The standard InChI is InChI=1S/C22H34ClF2N3O4S/c1-15(2)11-21(33(4)31-9-5-7-28(3)8-6-10-32-33)27-20(29)14-26-22(30)16-12-18(24)19(25)13-17(16)23/h12-13,15,21H,5-11,14H2,1-4H3,(H,26,30)(H,27,29)/t21-/m1/s1. The molecule has 1 aliphatic rings. The van der Waals surface area contributed by atoms with E-state index in [1.807, 2.05) is 20.1 Å². The fourth-order valence-electron chi connectivity index (χ4n) is 3.38. The van der Waals surface area contributed by atoms with Gasteiger partial charge in [0.25, 0.3) is 5.91 Å². The van der Waals surface area contributed by atoms with Gasteiger partial charge in [-0.25, -0.2) is 8.78 Å². The zero-order valence-electron chi connectivity index (χ0n) is 19.6. The number of amides is 2. The first-order chi connectivity index (χ1) is 15.5. The molecule has 11 heteroatoms. The van der Waals surface area contributed by atoms with Crippen LogP contribution in [0.5, 0.6) is 0 Å². The molecule has 0 saturated carbocycles. The van der Waals surface area contributed by atoms with Crippen molar-refractivity contribution in [2.24, 2.45) is 5.92 Å². The zero-order chi connectivity index (χ0) is 24.6. The Morgan fingerprint density at radius 3 is 2.30 bits per heavy atom. The van der Waals surface area contributed by atoms with Gasteiger partial charge >= 0.3 is 0 Å². The quantitative estimate of drug-likeness (QED) is 0.546. The van der Waals surface area contributed by atoms with Gasteiger partial charge in [-0.05, 0) is 44.4 Å². The predicted octanol–water partition coefficient (Wildman–Crippen LogP) is 3.86. The van der Waals surface area contributed by atoms with E-state index in [9.17, 15) is 18.4 Å². The summed E-state index contributed by atoms with van der Waals surface area (Å²) in [6, 6.07) is 1.43. The van der Waals surface area contributed by atoms with Crippen LogP contribution in [0.2, 0.25) is 5.02 Å². The molecule has 1 atom stereocenters. The van der Waals surface area contributed by atoms with E-state index in [0.717, 1.165) is 32.0 Å². The highest BCUT2D eigenvalue weighted by Gasteiger charge is 2.31. The van der Waals surface area contributed by atoms with E-state index >= 15 is 0 Å². The lowest BCUT2D eigenvalue weighted by molar-refractivity contribution is -0.120. The Bertz CT molecular complexity index is 819. The number of nitrogens with zero attached hydrogens (tertiary/aromatic N) is 1. The molecule has 0 aliphatic carbocycles. The van der Waals surface area contributed by atoms with Crippen molar-refractivity contribution >= 4 is 34.0 Å². The summed E-state index contributed by atoms with van der Waals surface area (Å²) >= 11 is 5.84. The van der Waals surface area contributed by atoms with Crippen molar-refractivity contribution in [3.05, 3.63) is 34.4 Å². The van der Waals surface area contributed by atoms with Crippen LogP contribution in [0.4, 0.5) is 8.78 Å². The summed E-state index contributed by atoms with van der Waals surface area (Å²) in [6.07, 6.45) is 4.26. The summed E-state index contributed by atoms with van der Waals surface area (Å²) < 4.78 is 39.1. The van der Waals surface area contributed by atoms with E-state index in [4.69, 9.17) is 20.0 Å². The summed E-state index contributed by atoms with van der Waals surface area (Å²) in [5.74, 6) is -3.30. The van der Waals surface area contributed by atoms with Crippen LogP contribution in [0.1, 0.15) is 43.5 Å². The number of carbonyl (C=O) groups excluding carboxylic acids is 2. The first-order valence-corrected chi connectivity index (χ1v) is 13.3. The highest BCUT2D eigenvalue weighted by Crippen LogP contribution is 2.52. The van der Waals surface area contributed by atoms with Gasteiger partial charge in [-0.1, -0.05) is 25.4 Å². The van der Waals surface area contributed by atoms with Gasteiger partial charge in [0.1, 0.15) is 5.37 Å². The second-order valence-electron chi connectivity index (χ2n) is 8.60. The third-order valence-electron chi connectivity index (χ3n) is 5.19. The molecule has 2 rings (SSSR count). The molecule has 1 aromatic carbocycles. The molecule has 7 nitrogen and oxygen atoms in total. The molecule has 0 radical (unpaired) electrons. The molecular formula is C22H34ClF2N3O4S. The molecule has 2 amide bonds. The number of halogens is 3. The fraction of sp³-hybridized carbons (Fsp3) is 0.636. The minimum atomic E-state index is -2.07. The predicted molar refractivity (Wildman–Crippen MR) is 127 cm³/mol. The van der Waals surface area contributed by atoms with Crippen LogP contribution in [0.15, 0.2) is 12.1 Å². The average Bonchev–Trinajstić information content (AvgIpc) is 2.74. The average molecular weight is 510 g/mol. The number of hydrogen-bond donors (Lipinski definition) is 2.